The fourth-order valence-electron chi connectivity index (χ4n) is 3.77. The van der Waals surface area contributed by atoms with Gasteiger partial charge in [-0.1, -0.05) is 24.6 Å². The van der Waals surface area contributed by atoms with Crippen LogP contribution in [0.4, 0.5) is 0 Å². The van der Waals surface area contributed by atoms with Crippen LogP contribution in [0.1, 0.15) is 42.4 Å². The molecule has 0 saturated heterocycles. The van der Waals surface area contributed by atoms with E-state index in [1.165, 1.54) is 44.1 Å². The lowest BCUT2D eigenvalue weighted by Crippen LogP contribution is -2.45. The number of nitrogens with two attached hydrogens (primary N) is 1. The van der Waals surface area contributed by atoms with E-state index in [9.17, 15) is 0 Å². The van der Waals surface area contributed by atoms with Gasteiger partial charge in [-0.3, -0.25) is 0 Å². The first-order valence-electron chi connectivity index (χ1n) is 7.70. The quantitative estimate of drug-likeness (QED) is 0.880. The molecule has 2 aliphatic carbocycles. The number of rotatable bonds is 5. The Hall–Kier alpha value is -0.860. The zero-order valence-electron chi connectivity index (χ0n) is 12.1. The number of benzene rings is 1. The summed E-state index contributed by atoms with van der Waals surface area (Å²) in [7, 11) is 2.24. The summed E-state index contributed by atoms with van der Waals surface area (Å²) >= 11 is 0. The molecule has 1 fully saturated rings. The molecule has 104 valence electrons. The minimum Gasteiger partial charge on any atom is -0.330 e. The summed E-state index contributed by atoms with van der Waals surface area (Å²) < 4.78 is 0. The molecule has 0 aromatic heterocycles. The van der Waals surface area contributed by atoms with Crippen LogP contribution in [0.5, 0.6) is 0 Å². The third kappa shape index (κ3) is 2.70. The first-order chi connectivity index (χ1) is 9.21. The molecule has 2 nitrogen and oxygen atoms in total. The van der Waals surface area contributed by atoms with Gasteiger partial charge in [-0.25, -0.2) is 0 Å². The van der Waals surface area contributed by atoms with Crippen LogP contribution in [-0.2, 0) is 19.4 Å². The Morgan fingerprint density at radius 2 is 1.95 bits per heavy atom. The van der Waals surface area contributed by atoms with Gasteiger partial charge in [0.05, 0.1) is 0 Å². The number of hydrogen-bond acceptors (Lipinski definition) is 2. The molecular formula is C17H26N2. The maximum Gasteiger partial charge on any atom is 0.0231 e. The van der Waals surface area contributed by atoms with Crippen molar-refractivity contribution >= 4 is 0 Å². The van der Waals surface area contributed by atoms with E-state index in [1.54, 1.807) is 11.1 Å². The second-order valence-electron chi connectivity index (χ2n) is 6.69. The molecular weight excluding hydrogens is 232 g/mol. The molecule has 19 heavy (non-hydrogen) atoms. The molecule has 1 saturated carbocycles. The van der Waals surface area contributed by atoms with Crippen molar-refractivity contribution in [3.05, 3.63) is 34.9 Å². The molecule has 0 radical (unpaired) electrons. The molecule has 0 spiro atoms. The molecule has 0 unspecified atom stereocenters. The second-order valence-corrected chi connectivity index (χ2v) is 6.69. The normalized spacial score (nSPS) is 20.4. The fraction of sp³-hybridized carbons (Fsp3) is 0.647. The molecule has 0 aliphatic heterocycles. The van der Waals surface area contributed by atoms with Crippen molar-refractivity contribution in [2.24, 2.45) is 11.1 Å². The molecule has 0 amide bonds. The van der Waals surface area contributed by atoms with Gasteiger partial charge in [-0.15, -0.1) is 0 Å². The minimum absolute atomic E-state index is 0.422. The lowest BCUT2D eigenvalue weighted by molar-refractivity contribution is 0.0845. The average molecular weight is 258 g/mol. The summed E-state index contributed by atoms with van der Waals surface area (Å²) in [6, 6.07) is 7.08. The van der Waals surface area contributed by atoms with Gasteiger partial charge in [0.2, 0.25) is 0 Å². The van der Waals surface area contributed by atoms with Crippen LogP contribution in [0.15, 0.2) is 18.2 Å². The topological polar surface area (TPSA) is 29.3 Å². The fourth-order valence-corrected chi connectivity index (χ4v) is 3.77. The zero-order chi connectivity index (χ0) is 13.3. The SMILES string of the molecule is CN(Cc1ccc2c(c1)CCC2)CC1(CN)CCC1. The van der Waals surface area contributed by atoms with Crippen molar-refractivity contribution in [2.45, 2.75) is 45.1 Å². The molecule has 1 aromatic rings. The Balaban J connectivity index is 1.61. The summed E-state index contributed by atoms with van der Waals surface area (Å²) in [5.41, 5.74) is 11.0. The van der Waals surface area contributed by atoms with E-state index < -0.39 is 0 Å². The van der Waals surface area contributed by atoms with Crippen molar-refractivity contribution in [1.82, 2.24) is 4.90 Å². The van der Waals surface area contributed by atoms with Crippen molar-refractivity contribution in [2.75, 3.05) is 20.1 Å². The first-order valence-corrected chi connectivity index (χ1v) is 7.70. The second kappa shape index (κ2) is 5.26. The van der Waals surface area contributed by atoms with Gasteiger partial charge in [0.25, 0.3) is 0 Å². The van der Waals surface area contributed by atoms with E-state index in [0.717, 1.165) is 19.6 Å². The highest BCUT2D eigenvalue weighted by Gasteiger charge is 2.36. The van der Waals surface area contributed by atoms with Crippen LogP contribution in [0.3, 0.4) is 0 Å². The van der Waals surface area contributed by atoms with Crippen LogP contribution in [0, 0.1) is 5.41 Å². The Morgan fingerprint density at radius 3 is 2.63 bits per heavy atom. The van der Waals surface area contributed by atoms with Gasteiger partial charge >= 0.3 is 0 Å². The van der Waals surface area contributed by atoms with Gasteiger partial charge in [-0.05, 0) is 67.8 Å². The molecule has 2 N–H and O–H groups in total. The Bertz CT molecular complexity index is 443. The highest BCUT2D eigenvalue weighted by atomic mass is 15.1. The van der Waals surface area contributed by atoms with Crippen LogP contribution in [0.25, 0.3) is 0 Å². The van der Waals surface area contributed by atoms with Crippen LogP contribution < -0.4 is 5.73 Å². The predicted molar refractivity (Wildman–Crippen MR) is 80.1 cm³/mol. The lowest BCUT2D eigenvalue weighted by atomic mass is 9.68. The lowest BCUT2D eigenvalue weighted by Gasteiger charge is -2.43. The van der Waals surface area contributed by atoms with Gasteiger partial charge < -0.3 is 10.6 Å². The number of aryl methyl sites for hydroxylation is 2. The van der Waals surface area contributed by atoms with E-state index in [0.29, 0.717) is 5.41 Å². The standard InChI is InChI=1S/C17H26N2/c1-19(13-17(12-18)8-3-9-17)11-14-6-7-15-4-2-5-16(15)10-14/h6-7,10H,2-5,8-9,11-13,18H2,1H3. The van der Waals surface area contributed by atoms with Gasteiger partial charge in [0.1, 0.15) is 0 Å². The van der Waals surface area contributed by atoms with Crippen molar-refractivity contribution in [3.63, 3.8) is 0 Å². The van der Waals surface area contributed by atoms with E-state index in [2.05, 4.69) is 30.1 Å². The van der Waals surface area contributed by atoms with E-state index in [4.69, 9.17) is 5.73 Å². The molecule has 0 heterocycles. The van der Waals surface area contributed by atoms with Crippen molar-refractivity contribution in [1.29, 1.82) is 0 Å². The van der Waals surface area contributed by atoms with Crippen molar-refractivity contribution < 1.29 is 0 Å². The zero-order valence-corrected chi connectivity index (χ0v) is 12.1. The number of fused-ring (bicyclic) bond motifs is 1. The average Bonchev–Trinajstić information content (AvgIpc) is 2.81. The highest BCUT2D eigenvalue weighted by molar-refractivity contribution is 5.35. The summed E-state index contributed by atoms with van der Waals surface area (Å²) in [5, 5.41) is 0. The van der Waals surface area contributed by atoms with E-state index >= 15 is 0 Å². The van der Waals surface area contributed by atoms with E-state index in [1.807, 2.05) is 0 Å². The molecule has 3 rings (SSSR count). The predicted octanol–water partition coefficient (Wildman–Crippen LogP) is 2.74. The summed E-state index contributed by atoms with van der Waals surface area (Å²) in [6.07, 6.45) is 7.90. The monoisotopic (exact) mass is 258 g/mol. The molecule has 0 atom stereocenters. The summed E-state index contributed by atoms with van der Waals surface area (Å²) in [6.45, 7) is 3.07. The molecule has 2 heteroatoms. The maximum absolute atomic E-state index is 5.96. The highest BCUT2D eigenvalue weighted by Crippen LogP contribution is 2.40. The Labute approximate surface area is 117 Å². The number of hydrogen-bond donors (Lipinski definition) is 1. The maximum atomic E-state index is 5.96. The molecule has 2 aliphatic rings. The molecule has 0 bridgehead atoms. The third-order valence-corrected chi connectivity index (χ3v) is 5.07. The minimum atomic E-state index is 0.422. The van der Waals surface area contributed by atoms with Crippen LogP contribution in [-0.4, -0.2) is 25.0 Å². The van der Waals surface area contributed by atoms with Gasteiger partial charge in [0.15, 0.2) is 0 Å². The smallest absolute Gasteiger partial charge is 0.0231 e. The van der Waals surface area contributed by atoms with Gasteiger partial charge in [0, 0.05) is 13.1 Å². The Morgan fingerprint density at radius 1 is 1.16 bits per heavy atom. The largest absolute Gasteiger partial charge is 0.330 e. The molecule has 1 aromatic carbocycles. The van der Waals surface area contributed by atoms with Crippen LogP contribution in [0.2, 0.25) is 0 Å². The number of nitrogens with zero attached hydrogens (tertiary/aromatic N) is 1. The van der Waals surface area contributed by atoms with E-state index in [-0.39, 0.29) is 0 Å². The Kier molecular flexibility index (Phi) is 3.64. The van der Waals surface area contributed by atoms with Crippen LogP contribution >= 0.6 is 0 Å². The van der Waals surface area contributed by atoms with Gasteiger partial charge in [-0.2, -0.15) is 0 Å². The summed E-state index contributed by atoms with van der Waals surface area (Å²) in [5.74, 6) is 0. The van der Waals surface area contributed by atoms with Crippen molar-refractivity contribution in [3.8, 4) is 0 Å². The summed E-state index contributed by atoms with van der Waals surface area (Å²) in [4.78, 5) is 2.46. The third-order valence-electron chi connectivity index (χ3n) is 5.07. The first kappa shape index (κ1) is 13.1.